The second kappa shape index (κ2) is 5.54. The van der Waals surface area contributed by atoms with Gasteiger partial charge in [-0.2, -0.15) is 0 Å². The number of aromatic amines is 1. The van der Waals surface area contributed by atoms with Gasteiger partial charge in [-0.1, -0.05) is 18.2 Å². The lowest BCUT2D eigenvalue weighted by Gasteiger charge is -2.25. The molecule has 1 amide bonds. The maximum absolute atomic E-state index is 12.2. The summed E-state index contributed by atoms with van der Waals surface area (Å²) in [6.45, 7) is 0. The van der Waals surface area contributed by atoms with E-state index in [0.717, 1.165) is 12.2 Å². The fourth-order valence-corrected chi connectivity index (χ4v) is 3.41. The van der Waals surface area contributed by atoms with Crippen LogP contribution in [0.3, 0.4) is 0 Å². The zero-order valence-corrected chi connectivity index (χ0v) is 11.6. The molecule has 102 valence electrons. The summed E-state index contributed by atoms with van der Waals surface area (Å²) in [7, 11) is 0. The third kappa shape index (κ3) is 2.63. The molecular formula is C15H14N2O2S. The summed E-state index contributed by atoms with van der Waals surface area (Å²) in [5.41, 5.74) is 1.43. The summed E-state index contributed by atoms with van der Waals surface area (Å²) in [6, 6.07) is 11.1. The van der Waals surface area contributed by atoms with E-state index in [0.29, 0.717) is 5.56 Å². The Morgan fingerprint density at radius 3 is 2.90 bits per heavy atom. The molecule has 5 heteroatoms. The van der Waals surface area contributed by atoms with Crippen LogP contribution >= 0.6 is 11.8 Å². The van der Waals surface area contributed by atoms with Crippen molar-refractivity contribution in [3.8, 4) is 0 Å². The number of aromatic nitrogens is 1. The number of hydrogen-bond donors (Lipinski definition) is 2. The highest BCUT2D eigenvalue weighted by molar-refractivity contribution is 7.99. The number of nitrogens with one attached hydrogen (secondary N) is 2. The van der Waals surface area contributed by atoms with Gasteiger partial charge in [0.15, 0.2) is 0 Å². The van der Waals surface area contributed by atoms with Crippen molar-refractivity contribution in [1.82, 2.24) is 10.3 Å². The maximum Gasteiger partial charge on any atom is 0.253 e. The van der Waals surface area contributed by atoms with Gasteiger partial charge in [0.25, 0.3) is 5.91 Å². The average Bonchev–Trinajstić information content (AvgIpc) is 2.48. The van der Waals surface area contributed by atoms with E-state index < -0.39 is 0 Å². The largest absolute Gasteiger partial charge is 0.345 e. The van der Waals surface area contributed by atoms with Gasteiger partial charge in [0.05, 0.1) is 11.6 Å². The Bertz CT molecular complexity index is 676. The highest BCUT2D eigenvalue weighted by Crippen LogP contribution is 2.35. The predicted molar refractivity (Wildman–Crippen MR) is 79.1 cm³/mol. The summed E-state index contributed by atoms with van der Waals surface area (Å²) in [5, 5.41) is 3.04. The molecule has 2 heterocycles. The van der Waals surface area contributed by atoms with Crippen LogP contribution in [-0.2, 0) is 0 Å². The molecule has 1 aliphatic rings. The van der Waals surface area contributed by atoms with Crippen molar-refractivity contribution in [2.75, 3.05) is 5.75 Å². The summed E-state index contributed by atoms with van der Waals surface area (Å²) >= 11 is 1.82. The number of benzene rings is 1. The predicted octanol–water partition coefficient (Wildman–Crippen LogP) is 2.34. The normalized spacial score (nSPS) is 17.3. The molecule has 0 bridgehead atoms. The van der Waals surface area contributed by atoms with Gasteiger partial charge in [-0.15, -0.1) is 11.8 Å². The SMILES string of the molecule is O=C(NC1CCSc2ccccc21)c1ccc(=O)[nH]c1. The lowest BCUT2D eigenvalue weighted by Crippen LogP contribution is -2.31. The first-order valence-corrected chi connectivity index (χ1v) is 7.44. The van der Waals surface area contributed by atoms with Crippen LogP contribution in [0.25, 0.3) is 0 Å². The number of pyridine rings is 1. The molecule has 0 spiro atoms. The van der Waals surface area contributed by atoms with Crippen molar-refractivity contribution in [1.29, 1.82) is 0 Å². The Morgan fingerprint density at radius 2 is 2.10 bits per heavy atom. The van der Waals surface area contributed by atoms with Gasteiger partial charge in [-0.3, -0.25) is 9.59 Å². The number of fused-ring (bicyclic) bond motifs is 1. The van der Waals surface area contributed by atoms with E-state index in [9.17, 15) is 9.59 Å². The van der Waals surface area contributed by atoms with E-state index >= 15 is 0 Å². The molecule has 4 nitrogen and oxygen atoms in total. The third-order valence-electron chi connectivity index (χ3n) is 3.31. The zero-order chi connectivity index (χ0) is 13.9. The highest BCUT2D eigenvalue weighted by Gasteiger charge is 2.22. The lowest BCUT2D eigenvalue weighted by molar-refractivity contribution is 0.0934. The number of amides is 1. The van der Waals surface area contributed by atoms with Crippen LogP contribution in [0.5, 0.6) is 0 Å². The number of rotatable bonds is 2. The van der Waals surface area contributed by atoms with Crippen molar-refractivity contribution >= 4 is 17.7 Å². The molecule has 1 atom stereocenters. The number of H-pyrrole nitrogens is 1. The van der Waals surface area contributed by atoms with Gasteiger partial charge in [0, 0.05) is 22.9 Å². The molecule has 0 saturated heterocycles. The van der Waals surface area contributed by atoms with Crippen molar-refractivity contribution in [2.24, 2.45) is 0 Å². The molecule has 2 aromatic rings. The zero-order valence-electron chi connectivity index (χ0n) is 10.8. The Hall–Kier alpha value is -2.01. The van der Waals surface area contributed by atoms with Gasteiger partial charge >= 0.3 is 0 Å². The standard InChI is InChI=1S/C15H14N2O2S/c18-14-6-5-10(9-16-14)15(19)17-12-7-8-20-13-4-2-1-3-11(12)13/h1-6,9,12H,7-8H2,(H,16,18)(H,17,19). The van der Waals surface area contributed by atoms with E-state index in [1.54, 1.807) is 0 Å². The van der Waals surface area contributed by atoms with Crippen LogP contribution in [0.4, 0.5) is 0 Å². The minimum atomic E-state index is -0.207. The van der Waals surface area contributed by atoms with Crippen molar-refractivity contribution in [3.63, 3.8) is 0 Å². The van der Waals surface area contributed by atoms with E-state index in [-0.39, 0.29) is 17.5 Å². The number of thioether (sulfide) groups is 1. The Morgan fingerprint density at radius 1 is 1.25 bits per heavy atom. The van der Waals surface area contributed by atoms with Crippen LogP contribution in [0.15, 0.2) is 52.3 Å². The minimum absolute atomic E-state index is 0.0341. The first-order valence-electron chi connectivity index (χ1n) is 6.45. The molecule has 1 unspecified atom stereocenters. The van der Waals surface area contributed by atoms with Gasteiger partial charge in [0.2, 0.25) is 5.56 Å². The van der Waals surface area contributed by atoms with Gasteiger partial charge in [0.1, 0.15) is 0 Å². The Kier molecular flexibility index (Phi) is 3.60. The van der Waals surface area contributed by atoms with E-state index in [1.807, 2.05) is 23.9 Å². The maximum atomic E-state index is 12.2. The number of carbonyl (C=O) groups is 1. The molecule has 0 aliphatic carbocycles. The van der Waals surface area contributed by atoms with E-state index in [1.165, 1.54) is 28.8 Å². The lowest BCUT2D eigenvalue weighted by atomic mass is 10.0. The molecule has 0 saturated carbocycles. The topological polar surface area (TPSA) is 62.0 Å². The summed E-state index contributed by atoms with van der Waals surface area (Å²) in [6.07, 6.45) is 2.36. The number of carbonyl (C=O) groups excluding carboxylic acids is 1. The molecular weight excluding hydrogens is 272 g/mol. The Balaban J connectivity index is 1.80. The molecule has 1 aliphatic heterocycles. The van der Waals surface area contributed by atoms with Gasteiger partial charge < -0.3 is 10.3 Å². The molecule has 3 rings (SSSR count). The monoisotopic (exact) mass is 286 g/mol. The molecule has 2 N–H and O–H groups in total. The molecule has 1 aromatic carbocycles. The van der Waals surface area contributed by atoms with Crippen molar-refractivity contribution in [3.05, 3.63) is 64.1 Å². The van der Waals surface area contributed by atoms with E-state index in [2.05, 4.69) is 22.4 Å². The molecule has 1 aromatic heterocycles. The van der Waals surface area contributed by atoms with Gasteiger partial charge in [-0.25, -0.2) is 0 Å². The van der Waals surface area contributed by atoms with Crippen LogP contribution in [-0.4, -0.2) is 16.6 Å². The second-order valence-electron chi connectivity index (χ2n) is 4.64. The fourth-order valence-electron chi connectivity index (χ4n) is 2.29. The van der Waals surface area contributed by atoms with Crippen LogP contribution < -0.4 is 10.9 Å². The van der Waals surface area contributed by atoms with Gasteiger partial charge in [-0.05, 0) is 24.1 Å². The van der Waals surface area contributed by atoms with Crippen molar-refractivity contribution < 1.29 is 4.79 Å². The smallest absolute Gasteiger partial charge is 0.253 e. The summed E-state index contributed by atoms with van der Waals surface area (Å²) in [4.78, 5) is 26.9. The van der Waals surface area contributed by atoms with Crippen LogP contribution in [0, 0.1) is 0 Å². The first-order chi connectivity index (χ1) is 9.74. The quantitative estimate of drug-likeness (QED) is 0.890. The van der Waals surface area contributed by atoms with E-state index in [4.69, 9.17) is 0 Å². The second-order valence-corrected chi connectivity index (χ2v) is 5.78. The average molecular weight is 286 g/mol. The third-order valence-corrected chi connectivity index (χ3v) is 4.43. The minimum Gasteiger partial charge on any atom is -0.345 e. The van der Waals surface area contributed by atoms with Crippen LogP contribution in [0.2, 0.25) is 0 Å². The summed E-state index contributed by atoms with van der Waals surface area (Å²) < 4.78 is 0. The first kappa shape index (κ1) is 13.0. The molecule has 20 heavy (non-hydrogen) atoms. The number of hydrogen-bond acceptors (Lipinski definition) is 3. The molecule has 0 fully saturated rings. The Labute approximate surface area is 120 Å². The van der Waals surface area contributed by atoms with Crippen LogP contribution in [0.1, 0.15) is 28.4 Å². The fraction of sp³-hybridized carbons (Fsp3) is 0.200. The highest BCUT2D eigenvalue weighted by atomic mass is 32.2. The van der Waals surface area contributed by atoms with Crippen molar-refractivity contribution in [2.45, 2.75) is 17.4 Å². The summed E-state index contributed by atoms with van der Waals surface area (Å²) in [5.74, 6) is 0.834. The molecule has 0 radical (unpaired) electrons.